The Morgan fingerprint density at radius 3 is 1.44 bits per heavy atom. The molecule has 50 valence electrons. The highest BCUT2D eigenvalue weighted by molar-refractivity contribution is 7.83. The fourth-order valence-corrected chi connectivity index (χ4v) is 0.811. The predicted octanol–water partition coefficient (Wildman–Crippen LogP) is -1.67. The minimum absolute atomic E-state index is 1.50. The minimum Gasteiger partial charge on any atom is -0.305 e. The van der Waals surface area contributed by atoms with Gasteiger partial charge in [-0.2, -0.15) is 0 Å². The molecule has 0 radical (unpaired) electrons. The highest BCUT2D eigenvalue weighted by Gasteiger charge is 2.38. The van der Waals surface area contributed by atoms with E-state index in [0.717, 1.165) is 0 Å². The Morgan fingerprint density at radius 1 is 1.00 bits per heavy atom. The minimum atomic E-state index is -4.34. The van der Waals surface area contributed by atoms with Gasteiger partial charge in [-0.05, 0) is 0 Å². The van der Waals surface area contributed by atoms with Crippen LogP contribution >= 0.6 is 0 Å². The first-order valence-electron chi connectivity index (χ1n) is 1.73. The van der Waals surface area contributed by atoms with Gasteiger partial charge in [-0.15, -0.1) is 8.42 Å². The van der Waals surface area contributed by atoms with Gasteiger partial charge >= 0.3 is 22.3 Å². The lowest BCUT2D eigenvalue weighted by atomic mass is 10.7. The number of hydrogen-bond donors (Lipinski definition) is 0. The van der Waals surface area contributed by atoms with Crippen LogP contribution in [0.5, 0.6) is 0 Å². The second-order valence-corrected chi connectivity index (χ2v) is 2.30. The van der Waals surface area contributed by atoms with Gasteiger partial charge in [0.25, 0.3) is 0 Å². The van der Waals surface area contributed by atoms with E-state index in [4.69, 9.17) is 0 Å². The van der Waals surface area contributed by atoms with E-state index in [0.29, 0.717) is 0 Å². The summed E-state index contributed by atoms with van der Waals surface area (Å²) in [5.41, 5.74) is 0. The molecule has 0 aromatic rings. The summed E-state index contributed by atoms with van der Waals surface area (Å²) in [6.45, 7) is 0. The maximum absolute atomic E-state index is 9.97. The van der Waals surface area contributed by atoms with Gasteiger partial charge in [0.15, 0.2) is 0 Å². The van der Waals surface area contributed by atoms with E-state index in [-0.39, 0.29) is 0 Å². The van der Waals surface area contributed by atoms with Crippen molar-refractivity contribution in [1.82, 2.24) is 0 Å². The largest absolute Gasteiger partial charge is 0.507 e. The smallest absolute Gasteiger partial charge is 0.305 e. The van der Waals surface area contributed by atoms with Crippen LogP contribution in [-0.4, -0.2) is 20.4 Å². The Kier molecular flexibility index (Phi) is 0.962. The normalized spacial score (nSPS) is 23.1. The Morgan fingerprint density at radius 2 is 1.33 bits per heavy atom. The summed E-state index contributed by atoms with van der Waals surface area (Å²) < 4.78 is 26.8. The first-order valence-corrected chi connectivity index (χ1v) is 3.07. The first kappa shape index (κ1) is 6.02. The molecule has 0 aliphatic carbocycles. The van der Waals surface area contributed by atoms with Crippen molar-refractivity contribution < 1.29 is 26.4 Å². The maximum Gasteiger partial charge on any atom is 0.507 e. The van der Waals surface area contributed by atoms with Crippen molar-refractivity contribution in [3.05, 3.63) is 0 Å². The number of carbonyl (C=O) groups is 2. The summed E-state index contributed by atoms with van der Waals surface area (Å²) in [7, 11) is -4.34. The van der Waals surface area contributed by atoms with Crippen molar-refractivity contribution >= 4 is 22.3 Å². The van der Waals surface area contributed by atoms with Crippen molar-refractivity contribution in [2.45, 2.75) is 0 Å². The van der Waals surface area contributed by atoms with Crippen LogP contribution in [0.1, 0.15) is 0 Å². The van der Waals surface area contributed by atoms with E-state index >= 15 is 0 Å². The van der Waals surface area contributed by atoms with Crippen molar-refractivity contribution in [2.24, 2.45) is 0 Å². The number of carbonyl (C=O) groups excluding carboxylic acids is 2. The van der Waals surface area contributed by atoms with Gasteiger partial charge < -0.3 is 8.37 Å². The van der Waals surface area contributed by atoms with Crippen LogP contribution in [0, 0.1) is 0 Å². The van der Waals surface area contributed by atoms with Gasteiger partial charge in [-0.1, -0.05) is 0 Å². The second-order valence-electron chi connectivity index (χ2n) is 1.15. The molecule has 9 heavy (non-hydrogen) atoms. The van der Waals surface area contributed by atoms with Gasteiger partial charge in [0, 0.05) is 0 Å². The molecule has 0 unspecified atom stereocenters. The molecule has 1 fully saturated rings. The fourth-order valence-electron chi connectivity index (χ4n) is 0.270. The van der Waals surface area contributed by atoms with E-state index < -0.39 is 22.3 Å². The van der Waals surface area contributed by atoms with E-state index in [1.165, 1.54) is 0 Å². The first-order chi connectivity index (χ1) is 4.01. The molecular formula is C2O6S. The van der Waals surface area contributed by atoms with E-state index in [1.807, 2.05) is 0 Å². The van der Waals surface area contributed by atoms with Crippen LogP contribution in [0.25, 0.3) is 0 Å². The highest BCUT2D eigenvalue weighted by Crippen LogP contribution is 2.06. The Bertz CT molecular complexity index is 237. The monoisotopic (exact) mass is 152 g/mol. The summed E-state index contributed by atoms with van der Waals surface area (Å²) in [4.78, 5) is 19.8. The lowest BCUT2D eigenvalue weighted by molar-refractivity contribution is -0.150. The van der Waals surface area contributed by atoms with Gasteiger partial charge in [0.2, 0.25) is 0 Å². The van der Waals surface area contributed by atoms with Crippen LogP contribution in [-0.2, 0) is 28.4 Å². The predicted molar refractivity (Wildman–Crippen MR) is 21.1 cm³/mol. The van der Waals surface area contributed by atoms with Gasteiger partial charge in [0.05, 0.1) is 0 Å². The molecule has 1 heterocycles. The molecule has 0 atom stereocenters. The molecule has 0 bridgehead atoms. The topological polar surface area (TPSA) is 86.7 Å². The van der Waals surface area contributed by atoms with E-state index in [2.05, 4.69) is 8.37 Å². The molecule has 0 saturated carbocycles. The third-order valence-corrected chi connectivity index (χ3v) is 1.23. The standard InChI is InChI=1S/C2O6S/c3-1-2(4)8-9(5,6)7-1. The van der Waals surface area contributed by atoms with Crippen LogP contribution in [0.4, 0.5) is 0 Å². The SMILES string of the molecule is O=C1OS(=O)(=O)OC1=O. The fraction of sp³-hybridized carbons (Fsp3) is 0. The molecule has 0 aromatic heterocycles. The van der Waals surface area contributed by atoms with Crippen molar-refractivity contribution in [2.75, 3.05) is 0 Å². The van der Waals surface area contributed by atoms with Crippen LogP contribution in [0.3, 0.4) is 0 Å². The molecular weight excluding hydrogens is 152 g/mol. The third kappa shape index (κ3) is 0.992. The summed E-state index contributed by atoms with van der Waals surface area (Å²) in [6, 6.07) is 0. The van der Waals surface area contributed by atoms with Crippen LogP contribution < -0.4 is 0 Å². The number of hydrogen-bond acceptors (Lipinski definition) is 6. The molecule has 1 aliphatic rings. The van der Waals surface area contributed by atoms with Crippen molar-refractivity contribution in [3.8, 4) is 0 Å². The van der Waals surface area contributed by atoms with Gasteiger partial charge in [-0.25, -0.2) is 9.59 Å². The Hall–Kier alpha value is -1.11. The molecule has 0 N–H and O–H groups in total. The zero-order chi connectivity index (χ0) is 7.07. The summed E-state index contributed by atoms with van der Waals surface area (Å²) in [5, 5.41) is 0. The molecule has 7 heteroatoms. The highest BCUT2D eigenvalue weighted by atomic mass is 32.3. The lowest BCUT2D eigenvalue weighted by Gasteiger charge is -1.81. The Balaban J connectivity index is 3.03. The zero-order valence-corrected chi connectivity index (χ0v) is 4.67. The molecule has 1 aliphatic heterocycles. The molecule has 0 spiro atoms. The molecule has 0 aromatic carbocycles. The Labute approximate surface area is 49.7 Å². The third-order valence-electron chi connectivity index (χ3n) is 0.522. The zero-order valence-electron chi connectivity index (χ0n) is 3.86. The average molecular weight is 152 g/mol. The van der Waals surface area contributed by atoms with Crippen molar-refractivity contribution in [1.29, 1.82) is 0 Å². The van der Waals surface area contributed by atoms with Crippen LogP contribution in [0.15, 0.2) is 0 Å². The van der Waals surface area contributed by atoms with Crippen molar-refractivity contribution in [3.63, 3.8) is 0 Å². The van der Waals surface area contributed by atoms with E-state index in [9.17, 15) is 18.0 Å². The number of rotatable bonds is 0. The summed E-state index contributed by atoms with van der Waals surface area (Å²) >= 11 is 0. The molecule has 0 amide bonds. The molecule has 1 rings (SSSR count). The van der Waals surface area contributed by atoms with Gasteiger partial charge in [0.1, 0.15) is 0 Å². The summed E-state index contributed by atoms with van der Waals surface area (Å²) in [6.07, 6.45) is 0. The molecule has 6 nitrogen and oxygen atoms in total. The summed E-state index contributed by atoms with van der Waals surface area (Å²) in [5.74, 6) is -3.01. The van der Waals surface area contributed by atoms with E-state index in [1.54, 1.807) is 0 Å². The second kappa shape index (κ2) is 1.44. The average Bonchev–Trinajstić information content (AvgIpc) is 1.79. The maximum atomic E-state index is 9.97. The van der Waals surface area contributed by atoms with Crippen LogP contribution in [0.2, 0.25) is 0 Å². The molecule has 1 saturated heterocycles. The van der Waals surface area contributed by atoms with Gasteiger partial charge in [-0.3, -0.25) is 0 Å². The lowest BCUT2D eigenvalue weighted by Crippen LogP contribution is -2.05. The quantitative estimate of drug-likeness (QED) is 0.386.